The van der Waals surface area contributed by atoms with Crippen molar-refractivity contribution in [3.63, 3.8) is 0 Å². The third-order valence-corrected chi connectivity index (χ3v) is 5.56. The number of nitrogens with zero attached hydrogens (tertiary/aromatic N) is 3. The maximum atomic E-state index is 13.4. The Morgan fingerprint density at radius 1 is 1.11 bits per heavy atom. The van der Waals surface area contributed by atoms with Crippen molar-refractivity contribution in [2.24, 2.45) is 0 Å². The van der Waals surface area contributed by atoms with Gasteiger partial charge in [0.1, 0.15) is 5.75 Å². The van der Waals surface area contributed by atoms with Gasteiger partial charge in [-0.3, -0.25) is 9.69 Å². The zero-order chi connectivity index (χ0) is 20.3. The highest BCUT2D eigenvalue weighted by Crippen LogP contribution is 2.32. The minimum absolute atomic E-state index is 0.0107. The van der Waals surface area contributed by atoms with E-state index in [1.807, 2.05) is 71.3 Å². The molecule has 0 bridgehead atoms. The van der Waals surface area contributed by atoms with Gasteiger partial charge in [0.25, 0.3) is 5.91 Å². The van der Waals surface area contributed by atoms with E-state index in [-0.39, 0.29) is 5.91 Å². The molecule has 0 saturated carbocycles. The minimum Gasteiger partial charge on any atom is -0.494 e. The molecule has 0 aliphatic heterocycles. The summed E-state index contributed by atoms with van der Waals surface area (Å²) in [6.45, 7) is 7.95. The number of aromatic nitrogens is 1. The molecular weight excluding hydrogens is 370 g/mol. The lowest BCUT2D eigenvalue weighted by atomic mass is 10.0. The Labute approximate surface area is 170 Å². The van der Waals surface area contributed by atoms with Gasteiger partial charge in [-0.05, 0) is 64.7 Å². The molecular formula is C22H27N3O2S. The van der Waals surface area contributed by atoms with Gasteiger partial charge in [0, 0.05) is 18.7 Å². The van der Waals surface area contributed by atoms with Crippen LogP contribution in [0.5, 0.6) is 5.75 Å². The van der Waals surface area contributed by atoms with E-state index < -0.39 is 0 Å². The number of hydrogen-bond acceptors (Lipinski definition) is 5. The van der Waals surface area contributed by atoms with E-state index in [4.69, 9.17) is 9.72 Å². The van der Waals surface area contributed by atoms with E-state index >= 15 is 0 Å². The lowest BCUT2D eigenvalue weighted by Crippen LogP contribution is -2.37. The van der Waals surface area contributed by atoms with Gasteiger partial charge >= 0.3 is 0 Å². The second kappa shape index (κ2) is 8.71. The number of aryl methyl sites for hydroxylation is 2. The summed E-state index contributed by atoms with van der Waals surface area (Å²) in [5.74, 6) is 0.814. The van der Waals surface area contributed by atoms with Gasteiger partial charge < -0.3 is 9.64 Å². The number of anilines is 1. The quantitative estimate of drug-likeness (QED) is 0.588. The predicted octanol–water partition coefficient (Wildman–Crippen LogP) is 4.52. The summed E-state index contributed by atoms with van der Waals surface area (Å²) in [4.78, 5) is 22.0. The molecule has 0 saturated heterocycles. The Morgan fingerprint density at radius 3 is 2.57 bits per heavy atom. The lowest BCUT2D eigenvalue weighted by molar-refractivity contribution is 0.0984. The number of hydrogen-bond donors (Lipinski definition) is 0. The van der Waals surface area contributed by atoms with Crippen molar-refractivity contribution in [3.8, 4) is 5.75 Å². The Morgan fingerprint density at radius 2 is 1.89 bits per heavy atom. The minimum atomic E-state index is -0.0107. The molecule has 0 aliphatic rings. The first-order valence-corrected chi connectivity index (χ1v) is 10.3. The number of fused-ring (bicyclic) bond motifs is 1. The SMILES string of the molecule is CCOc1ccc2nc(N(CCN(C)C)C(=O)c3ccc(C)cc3C)sc2c1. The summed E-state index contributed by atoms with van der Waals surface area (Å²) >= 11 is 1.52. The first kappa shape index (κ1) is 20.3. The van der Waals surface area contributed by atoms with Crippen LogP contribution < -0.4 is 9.64 Å². The maximum Gasteiger partial charge on any atom is 0.260 e. The standard InChI is InChI=1S/C22H27N3O2S/c1-6-27-17-8-10-19-20(14-17)28-22(23-19)25(12-11-24(4)5)21(26)18-9-7-15(2)13-16(18)3/h7-10,13-14H,6,11-12H2,1-5H3. The number of thiazole rings is 1. The van der Waals surface area contributed by atoms with Crippen LogP contribution in [0.1, 0.15) is 28.4 Å². The van der Waals surface area contributed by atoms with Crippen LogP contribution in [0.2, 0.25) is 0 Å². The first-order chi connectivity index (χ1) is 13.4. The molecule has 0 fully saturated rings. The first-order valence-electron chi connectivity index (χ1n) is 9.46. The molecule has 0 spiro atoms. The molecule has 0 N–H and O–H groups in total. The average Bonchev–Trinajstić information content (AvgIpc) is 3.04. The zero-order valence-electron chi connectivity index (χ0n) is 17.2. The van der Waals surface area contributed by atoms with E-state index in [0.717, 1.165) is 44.3 Å². The number of ether oxygens (including phenoxy) is 1. The molecule has 0 atom stereocenters. The molecule has 6 heteroatoms. The predicted molar refractivity (Wildman–Crippen MR) is 117 cm³/mol. The summed E-state index contributed by atoms with van der Waals surface area (Å²) in [5.41, 5.74) is 3.74. The fourth-order valence-corrected chi connectivity index (χ4v) is 4.07. The summed E-state index contributed by atoms with van der Waals surface area (Å²) in [5, 5.41) is 0.718. The van der Waals surface area contributed by atoms with Crippen LogP contribution in [-0.2, 0) is 0 Å². The van der Waals surface area contributed by atoms with E-state index in [1.165, 1.54) is 11.3 Å². The van der Waals surface area contributed by atoms with Crippen molar-refractivity contribution in [1.29, 1.82) is 0 Å². The van der Waals surface area contributed by atoms with Gasteiger partial charge in [0.15, 0.2) is 5.13 Å². The second-order valence-corrected chi connectivity index (χ2v) is 8.15. The fraction of sp³-hybridized carbons (Fsp3) is 0.364. The van der Waals surface area contributed by atoms with Crippen molar-refractivity contribution in [2.45, 2.75) is 20.8 Å². The lowest BCUT2D eigenvalue weighted by Gasteiger charge is -2.22. The number of amides is 1. The number of benzene rings is 2. The van der Waals surface area contributed by atoms with Crippen LogP contribution in [0.3, 0.4) is 0 Å². The van der Waals surface area contributed by atoms with E-state index in [0.29, 0.717) is 13.2 Å². The van der Waals surface area contributed by atoms with Gasteiger partial charge in [0.05, 0.1) is 16.8 Å². The van der Waals surface area contributed by atoms with E-state index in [9.17, 15) is 4.79 Å². The number of likely N-dealkylation sites (N-methyl/N-ethyl adjacent to an activating group) is 1. The summed E-state index contributed by atoms with van der Waals surface area (Å²) in [7, 11) is 4.01. The van der Waals surface area contributed by atoms with Crippen LogP contribution in [0.25, 0.3) is 10.2 Å². The summed E-state index contributed by atoms with van der Waals surface area (Å²) in [6, 6.07) is 11.8. The van der Waals surface area contributed by atoms with Crippen LogP contribution in [-0.4, -0.2) is 49.6 Å². The topological polar surface area (TPSA) is 45.7 Å². The van der Waals surface area contributed by atoms with Crippen molar-refractivity contribution in [2.75, 3.05) is 38.7 Å². The number of carbonyl (C=O) groups is 1. The van der Waals surface area contributed by atoms with Gasteiger partial charge in [-0.15, -0.1) is 0 Å². The Balaban J connectivity index is 1.99. The molecule has 28 heavy (non-hydrogen) atoms. The smallest absolute Gasteiger partial charge is 0.260 e. The van der Waals surface area contributed by atoms with E-state index in [1.54, 1.807) is 4.90 Å². The summed E-state index contributed by atoms with van der Waals surface area (Å²) in [6.07, 6.45) is 0. The fourth-order valence-electron chi connectivity index (χ4n) is 3.05. The second-order valence-electron chi connectivity index (χ2n) is 7.14. The van der Waals surface area contributed by atoms with E-state index in [2.05, 4.69) is 4.90 Å². The van der Waals surface area contributed by atoms with Crippen molar-refractivity contribution in [1.82, 2.24) is 9.88 Å². The molecule has 3 rings (SSSR count). The number of rotatable bonds is 7. The summed E-state index contributed by atoms with van der Waals surface area (Å²) < 4.78 is 6.62. The van der Waals surface area contributed by atoms with Gasteiger partial charge in [-0.1, -0.05) is 29.0 Å². The van der Waals surface area contributed by atoms with Crippen molar-refractivity contribution < 1.29 is 9.53 Å². The van der Waals surface area contributed by atoms with Crippen molar-refractivity contribution >= 4 is 32.6 Å². The highest BCUT2D eigenvalue weighted by Gasteiger charge is 2.23. The Bertz CT molecular complexity index is 981. The van der Waals surface area contributed by atoms with Crippen LogP contribution in [0.15, 0.2) is 36.4 Å². The van der Waals surface area contributed by atoms with Gasteiger partial charge in [-0.2, -0.15) is 0 Å². The van der Waals surface area contributed by atoms with Crippen LogP contribution in [0, 0.1) is 13.8 Å². The molecule has 2 aromatic carbocycles. The largest absolute Gasteiger partial charge is 0.494 e. The van der Waals surface area contributed by atoms with Crippen molar-refractivity contribution in [3.05, 3.63) is 53.1 Å². The molecule has 1 aromatic heterocycles. The highest BCUT2D eigenvalue weighted by molar-refractivity contribution is 7.22. The molecule has 0 unspecified atom stereocenters. The average molecular weight is 398 g/mol. The van der Waals surface area contributed by atoms with Crippen LogP contribution in [0.4, 0.5) is 5.13 Å². The molecule has 1 heterocycles. The third-order valence-electron chi connectivity index (χ3n) is 4.52. The highest BCUT2D eigenvalue weighted by atomic mass is 32.1. The molecule has 5 nitrogen and oxygen atoms in total. The Hall–Kier alpha value is -2.44. The Kier molecular flexibility index (Phi) is 6.31. The van der Waals surface area contributed by atoms with Crippen LogP contribution >= 0.6 is 11.3 Å². The molecule has 0 radical (unpaired) electrons. The zero-order valence-corrected chi connectivity index (χ0v) is 18.0. The molecule has 3 aromatic rings. The van der Waals surface area contributed by atoms with Gasteiger partial charge in [0.2, 0.25) is 0 Å². The normalized spacial score (nSPS) is 11.2. The maximum absolute atomic E-state index is 13.4. The molecule has 148 valence electrons. The third kappa shape index (κ3) is 4.51. The van der Waals surface area contributed by atoms with Gasteiger partial charge in [-0.25, -0.2) is 4.98 Å². The monoisotopic (exact) mass is 397 g/mol. The molecule has 1 amide bonds. The number of carbonyl (C=O) groups excluding carboxylic acids is 1. The molecule has 0 aliphatic carbocycles.